The maximum Gasteiger partial charge on any atom is 0.0588 e. The van der Waals surface area contributed by atoms with Gasteiger partial charge in [-0.3, -0.25) is 0 Å². The molecular weight excluding hydrogens is 298 g/mol. The molecule has 23 heavy (non-hydrogen) atoms. The molecule has 0 bridgehead atoms. The molecule has 0 aliphatic rings. The van der Waals surface area contributed by atoms with E-state index in [0.29, 0.717) is 6.54 Å². The van der Waals surface area contributed by atoms with Gasteiger partial charge in [0.1, 0.15) is 0 Å². The summed E-state index contributed by atoms with van der Waals surface area (Å²) in [5, 5.41) is 23.7. The van der Waals surface area contributed by atoms with Crippen molar-refractivity contribution < 1.29 is 19.8 Å². The largest absolute Gasteiger partial charge is 0.550 e. The Bertz CT molecular complexity index is 288. The number of rotatable bonds is 15. The van der Waals surface area contributed by atoms with Gasteiger partial charge in [0.25, 0.3) is 0 Å². The maximum atomic E-state index is 10.7. The lowest BCUT2D eigenvalue weighted by Crippen LogP contribution is -2.48. The lowest BCUT2D eigenvalue weighted by atomic mass is 10.1. The van der Waals surface area contributed by atoms with E-state index in [1.165, 1.54) is 44.9 Å². The van der Waals surface area contributed by atoms with E-state index in [1.54, 1.807) is 0 Å². The second kappa shape index (κ2) is 18.9. The Labute approximate surface area is 140 Å². The summed E-state index contributed by atoms with van der Waals surface area (Å²) in [5.74, 6) is -2.76. The smallest absolute Gasteiger partial charge is 0.0588 e. The van der Waals surface area contributed by atoms with Crippen molar-refractivity contribution >= 4 is 11.9 Å². The molecule has 0 fully saturated rings. The highest BCUT2D eigenvalue weighted by Crippen LogP contribution is 2.10. The fraction of sp³-hybridized carbons (Fsp3) is 0.875. The fourth-order valence-electron chi connectivity index (χ4n) is 2.29. The van der Waals surface area contributed by atoms with E-state index in [2.05, 4.69) is 12.2 Å². The molecule has 140 valence electrons. The zero-order valence-corrected chi connectivity index (χ0v) is 15.2. The standard InChI is InChI=1S/C16H31NO4.2H3N/c1-2-3-4-5-6-7-8-9-10-11-12-17-14(16(20)21)13-15(18)19;;/h14,17H,2-13H2,1H3,(H,18,19)(H,20,21);2*1H3/t14-;;/m0../s1. The van der Waals surface area contributed by atoms with Gasteiger partial charge in [-0.25, -0.2) is 0 Å². The summed E-state index contributed by atoms with van der Waals surface area (Å²) in [4.78, 5) is 21.1. The van der Waals surface area contributed by atoms with Crippen LogP contribution >= 0.6 is 0 Å². The summed E-state index contributed by atoms with van der Waals surface area (Å²) in [7, 11) is 0. The minimum atomic E-state index is -1.38. The van der Waals surface area contributed by atoms with Crippen molar-refractivity contribution in [3.05, 3.63) is 0 Å². The number of aliphatic carboxylic acids is 2. The molecule has 0 aliphatic carbocycles. The molecule has 0 unspecified atom stereocenters. The molecule has 0 aromatic rings. The van der Waals surface area contributed by atoms with Crippen molar-refractivity contribution in [1.29, 1.82) is 0 Å². The molecular formula is C16H37N3O4. The Morgan fingerprint density at radius 3 is 1.65 bits per heavy atom. The number of hydrogen-bond donors (Lipinski definition) is 3. The van der Waals surface area contributed by atoms with E-state index in [9.17, 15) is 19.8 Å². The van der Waals surface area contributed by atoms with Crippen LogP contribution in [0.1, 0.15) is 77.6 Å². The Morgan fingerprint density at radius 2 is 1.26 bits per heavy atom. The van der Waals surface area contributed by atoms with Gasteiger partial charge >= 0.3 is 0 Å². The predicted molar refractivity (Wildman–Crippen MR) is 90.2 cm³/mol. The topological polar surface area (TPSA) is 165 Å². The molecule has 7 nitrogen and oxygen atoms in total. The van der Waals surface area contributed by atoms with Gasteiger partial charge in [-0.2, -0.15) is 0 Å². The summed E-state index contributed by atoms with van der Waals surface area (Å²) in [6.45, 7) is 2.72. The second-order valence-corrected chi connectivity index (χ2v) is 5.58. The first-order valence-electron chi connectivity index (χ1n) is 8.22. The average Bonchev–Trinajstić information content (AvgIpc) is 2.42. The van der Waals surface area contributed by atoms with E-state index in [0.717, 1.165) is 19.3 Å². The quantitative estimate of drug-likeness (QED) is 0.385. The number of hydrogen-bond acceptors (Lipinski definition) is 5. The molecule has 0 heterocycles. The number of carboxylic acid groups (broad SMARTS) is 2. The third-order valence-electron chi connectivity index (χ3n) is 3.58. The van der Waals surface area contributed by atoms with Crippen LogP contribution in [0.15, 0.2) is 0 Å². The summed E-state index contributed by atoms with van der Waals surface area (Å²) >= 11 is 0. The highest BCUT2D eigenvalue weighted by atomic mass is 16.4. The van der Waals surface area contributed by atoms with E-state index in [1.807, 2.05) is 0 Å². The van der Waals surface area contributed by atoms with Crippen molar-refractivity contribution in [1.82, 2.24) is 17.6 Å². The van der Waals surface area contributed by atoms with Gasteiger partial charge in [-0.1, -0.05) is 64.7 Å². The molecule has 0 aliphatic heterocycles. The molecule has 1 atom stereocenters. The summed E-state index contributed by atoms with van der Waals surface area (Å²) in [6.07, 6.45) is 11.5. The summed E-state index contributed by atoms with van der Waals surface area (Å²) in [6, 6.07) is -1.14. The molecule has 9 N–H and O–H groups in total. The van der Waals surface area contributed by atoms with Gasteiger partial charge in [-0.15, -0.1) is 0 Å². The van der Waals surface area contributed by atoms with Gasteiger partial charge in [-0.05, 0) is 13.0 Å². The highest BCUT2D eigenvalue weighted by Gasteiger charge is 2.08. The fourth-order valence-corrected chi connectivity index (χ4v) is 2.29. The third kappa shape index (κ3) is 18.8. The zero-order chi connectivity index (χ0) is 15.9. The van der Waals surface area contributed by atoms with Crippen LogP contribution in [0.3, 0.4) is 0 Å². The summed E-state index contributed by atoms with van der Waals surface area (Å²) in [5.41, 5.74) is 0. The predicted octanol–water partition coefficient (Wildman–Crippen LogP) is 1.51. The normalized spacial score (nSPS) is 11.2. The molecule has 0 saturated carbocycles. The molecule has 0 radical (unpaired) electrons. The lowest BCUT2D eigenvalue weighted by Gasteiger charge is -2.20. The van der Waals surface area contributed by atoms with Crippen molar-refractivity contribution in [3.63, 3.8) is 0 Å². The van der Waals surface area contributed by atoms with Gasteiger partial charge < -0.3 is 37.4 Å². The van der Waals surface area contributed by atoms with Crippen molar-refractivity contribution in [3.8, 4) is 0 Å². The monoisotopic (exact) mass is 335 g/mol. The van der Waals surface area contributed by atoms with E-state index in [4.69, 9.17) is 0 Å². The molecule has 0 aromatic carbocycles. The van der Waals surface area contributed by atoms with Crippen LogP contribution in [0.5, 0.6) is 0 Å². The van der Waals surface area contributed by atoms with Crippen LogP contribution in [-0.2, 0) is 9.59 Å². The average molecular weight is 335 g/mol. The minimum absolute atomic E-state index is 0. The van der Waals surface area contributed by atoms with Gasteiger partial charge in [0.05, 0.1) is 12.0 Å². The molecule has 0 rings (SSSR count). The SMILES string of the molecule is CCCCCCCCCCCCN[C@@H](CC(=O)[O-])C(=O)[O-].[NH4+].[NH4+]. The van der Waals surface area contributed by atoms with E-state index >= 15 is 0 Å². The highest BCUT2D eigenvalue weighted by molar-refractivity contribution is 5.78. The Morgan fingerprint density at radius 1 is 0.826 bits per heavy atom. The first-order valence-corrected chi connectivity index (χ1v) is 8.22. The van der Waals surface area contributed by atoms with Crippen LogP contribution in [0.25, 0.3) is 0 Å². The number of unbranched alkanes of at least 4 members (excludes halogenated alkanes) is 9. The van der Waals surface area contributed by atoms with Crippen LogP contribution < -0.4 is 27.8 Å². The molecule has 0 saturated heterocycles. The second-order valence-electron chi connectivity index (χ2n) is 5.58. The van der Waals surface area contributed by atoms with Gasteiger partial charge in [0.15, 0.2) is 0 Å². The maximum absolute atomic E-state index is 10.7. The van der Waals surface area contributed by atoms with Crippen molar-refractivity contribution in [2.24, 2.45) is 0 Å². The number of carboxylic acids is 2. The van der Waals surface area contributed by atoms with Gasteiger partial charge in [0.2, 0.25) is 0 Å². The number of carbonyl (C=O) groups is 2. The minimum Gasteiger partial charge on any atom is -0.550 e. The molecule has 0 aromatic heterocycles. The molecule has 0 amide bonds. The van der Waals surface area contributed by atoms with Crippen LogP contribution in [-0.4, -0.2) is 24.5 Å². The van der Waals surface area contributed by atoms with Gasteiger partial charge in [0, 0.05) is 12.4 Å². The Kier molecular flexibility index (Phi) is 21.9. The number of carbonyl (C=O) groups excluding carboxylic acids is 2. The first kappa shape index (κ1) is 26.7. The zero-order valence-electron chi connectivity index (χ0n) is 15.2. The number of quaternary nitrogens is 2. The third-order valence-corrected chi connectivity index (χ3v) is 3.58. The Balaban J connectivity index is -0.00000200. The van der Waals surface area contributed by atoms with E-state index < -0.39 is 24.4 Å². The van der Waals surface area contributed by atoms with Crippen LogP contribution in [0.4, 0.5) is 0 Å². The van der Waals surface area contributed by atoms with Crippen molar-refractivity contribution in [2.45, 2.75) is 83.6 Å². The molecule has 0 spiro atoms. The molecule has 7 heteroatoms. The van der Waals surface area contributed by atoms with E-state index in [-0.39, 0.29) is 12.3 Å². The van der Waals surface area contributed by atoms with Crippen LogP contribution in [0.2, 0.25) is 0 Å². The Hall–Kier alpha value is -1.18. The lowest BCUT2D eigenvalue weighted by molar-refractivity contribution is -0.317. The first-order chi connectivity index (χ1) is 10.1. The van der Waals surface area contributed by atoms with Crippen LogP contribution in [0, 0.1) is 0 Å². The summed E-state index contributed by atoms with van der Waals surface area (Å²) < 4.78 is 0. The van der Waals surface area contributed by atoms with Crippen molar-refractivity contribution in [2.75, 3.05) is 6.54 Å². The number of nitrogens with one attached hydrogen (secondary N) is 1.